The first-order chi connectivity index (χ1) is 9.70. The number of rotatable bonds is 5. The van der Waals surface area contributed by atoms with Gasteiger partial charge < -0.3 is 10.2 Å². The summed E-state index contributed by atoms with van der Waals surface area (Å²) in [5, 5.41) is 3.59. The van der Waals surface area contributed by atoms with E-state index in [1.54, 1.807) is 5.56 Å². The maximum Gasteiger partial charge on any atom is 0.0331 e. The van der Waals surface area contributed by atoms with E-state index in [1.165, 1.54) is 50.6 Å². The van der Waals surface area contributed by atoms with Crippen molar-refractivity contribution in [1.29, 1.82) is 0 Å². The van der Waals surface area contributed by atoms with Crippen molar-refractivity contribution in [1.82, 2.24) is 10.2 Å². The summed E-state index contributed by atoms with van der Waals surface area (Å²) >= 11 is 0. The number of piperidine rings is 1. The average Bonchev–Trinajstić information content (AvgIpc) is 3.31. The Morgan fingerprint density at radius 1 is 1.30 bits per heavy atom. The van der Waals surface area contributed by atoms with Crippen LogP contribution in [0.25, 0.3) is 0 Å². The summed E-state index contributed by atoms with van der Waals surface area (Å²) in [6.45, 7) is 2.33. The molecule has 110 valence electrons. The third kappa shape index (κ3) is 3.07. The normalized spacial score (nSPS) is 26.9. The van der Waals surface area contributed by atoms with Crippen LogP contribution in [0.4, 0.5) is 0 Å². The van der Waals surface area contributed by atoms with Crippen molar-refractivity contribution < 1.29 is 0 Å². The lowest BCUT2D eigenvalue weighted by molar-refractivity contribution is 0.104. The molecule has 2 nitrogen and oxygen atoms in total. The Kier molecular flexibility index (Phi) is 4.13. The van der Waals surface area contributed by atoms with Gasteiger partial charge in [0.2, 0.25) is 0 Å². The lowest BCUT2D eigenvalue weighted by Gasteiger charge is -2.43. The summed E-state index contributed by atoms with van der Waals surface area (Å²) in [7, 11) is 4.49. The predicted molar refractivity (Wildman–Crippen MR) is 85.3 cm³/mol. The Morgan fingerprint density at radius 3 is 2.80 bits per heavy atom. The van der Waals surface area contributed by atoms with Gasteiger partial charge in [-0.2, -0.15) is 0 Å². The summed E-state index contributed by atoms with van der Waals surface area (Å²) in [5.74, 6) is 0.870. The van der Waals surface area contributed by atoms with Crippen LogP contribution in [-0.4, -0.2) is 37.6 Å². The molecule has 0 bridgehead atoms. The van der Waals surface area contributed by atoms with Crippen molar-refractivity contribution in [3.63, 3.8) is 0 Å². The Morgan fingerprint density at radius 2 is 2.15 bits per heavy atom. The van der Waals surface area contributed by atoms with Crippen molar-refractivity contribution >= 4 is 0 Å². The molecule has 1 saturated carbocycles. The molecule has 2 fully saturated rings. The minimum Gasteiger partial charge on any atom is -0.315 e. The van der Waals surface area contributed by atoms with Gasteiger partial charge in [-0.25, -0.2) is 0 Å². The zero-order valence-corrected chi connectivity index (χ0v) is 13.0. The molecule has 0 radical (unpaired) electrons. The highest BCUT2D eigenvalue weighted by Gasteiger charge is 2.33. The largest absolute Gasteiger partial charge is 0.315 e. The number of hydrogen-bond donors (Lipinski definition) is 1. The molecule has 0 aromatic heterocycles. The second kappa shape index (κ2) is 5.87. The van der Waals surface area contributed by atoms with Gasteiger partial charge in [0, 0.05) is 12.1 Å². The lowest BCUT2D eigenvalue weighted by Crippen LogP contribution is -2.55. The molecule has 0 unspecified atom stereocenters. The van der Waals surface area contributed by atoms with E-state index >= 15 is 0 Å². The highest BCUT2D eigenvalue weighted by Crippen LogP contribution is 2.40. The first kappa shape index (κ1) is 14.1. The van der Waals surface area contributed by atoms with Gasteiger partial charge in [-0.3, -0.25) is 0 Å². The van der Waals surface area contributed by atoms with E-state index < -0.39 is 0 Å². The van der Waals surface area contributed by atoms with Crippen LogP contribution in [0.1, 0.15) is 49.1 Å². The molecule has 1 heterocycles. The summed E-state index contributed by atoms with van der Waals surface area (Å²) < 4.78 is 0. The quantitative estimate of drug-likeness (QED) is 0.885. The number of benzene rings is 1. The van der Waals surface area contributed by atoms with Gasteiger partial charge in [0.15, 0.2) is 0 Å². The van der Waals surface area contributed by atoms with E-state index in [9.17, 15) is 0 Å². The molecule has 20 heavy (non-hydrogen) atoms. The topological polar surface area (TPSA) is 15.3 Å². The van der Waals surface area contributed by atoms with Crippen LogP contribution in [0.5, 0.6) is 0 Å². The molecule has 1 atom stereocenters. The molecule has 0 amide bonds. The van der Waals surface area contributed by atoms with Crippen molar-refractivity contribution in [2.45, 2.75) is 50.0 Å². The summed E-state index contributed by atoms with van der Waals surface area (Å²) in [6, 6.07) is 9.33. The number of aryl methyl sites for hydroxylation is 1. The highest BCUT2D eigenvalue weighted by atomic mass is 15.2. The van der Waals surface area contributed by atoms with Crippen molar-refractivity contribution in [2.75, 3.05) is 27.2 Å². The Labute approximate surface area is 123 Å². The molecule has 2 heteroatoms. The summed E-state index contributed by atoms with van der Waals surface area (Å²) in [4.78, 5) is 2.45. The lowest BCUT2D eigenvalue weighted by atomic mass is 9.83. The summed E-state index contributed by atoms with van der Waals surface area (Å²) in [5.41, 5.74) is 3.46. The first-order valence-corrected chi connectivity index (χ1v) is 8.17. The molecular weight excluding hydrogens is 244 g/mol. The predicted octanol–water partition coefficient (Wildman–Crippen LogP) is 3.18. The van der Waals surface area contributed by atoms with E-state index in [0.717, 1.165) is 12.5 Å². The molecule has 1 saturated heterocycles. The zero-order chi connectivity index (χ0) is 14.0. The van der Waals surface area contributed by atoms with E-state index in [1.807, 2.05) is 0 Å². The number of nitrogens with zero attached hydrogens (tertiary/aromatic N) is 1. The van der Waals surface area contributed by atoms with Crippen LogP contribution >= 0.6 is 0 Å². The fourth-order valence-electron chi connectivity index (χ4n) is 3.57. The molecule has 1 aromatic carbocycles. The SMILES string of the molecule is CN(C)[C@]1(CCc2cccc(C3CC3)c2)CCCNC1. The maximum atomic E-state index is 3.59. The molecule has 3 rings (SSSR count). The van der Waals surface area contributed by atoms with Crippen LogP contribution in [0, 0.1) is 0 Å². The van der Waals surface area contributed by atoms with E-state index in [0.29, 0.717) is 5.54 Å². The molecule has 1 aromatic rings. The zero-order valence-electron chi connectivity index (χ0n) is 13.0. The first-order valence-electron chi connectivity index (χ1n) is 8.17. The standard InChI is InChI=1S/C18H28N2/c1-20(2)18(10-4-12-19-14-18)11-9-15-5-3-6-17(13-15)16-7-8-16/h3,5-6,13,16,19H,4,7-12,14H2,1-2H3/t18-/m0/s1. The van der Waals surface area contributed by atoms with Crippen LogP contribution in [-0.2, 0) is 6.42 Å². The van der Waals surface area contributed by atoms with Gasteiger partial charge in [-0.05, 0) is 76.2 Å². The van der Waals surface area contributed by atoms with Crippen LogP contribution in [0.15, 0.2) is 24.3 Å². The van der Waals surface area contributed by atoms with Gasteiger partial charge in [0.25, 0.3) is 0 Å². The highest BCUT2D eigenvalue weighted by molar-refractivity contribution is 5.29. The molecule has 2 aliphatic rings. The molecular formula is C18H28N2. The number of hydrogen-bond acceptors (Lipinski definition) is 2. The number of likely N-dealkylation sites (N-methyl/N-ethyl adjacent to an activating group) is 1. The van der Waals surface area contributed by atoms with Crippen molar-refractivity contribution in [3.8, 4) is 0 Å². The third-order valence-electron chi connectivity index (χ3n) is 5.28. The Balaban J connectivity index is 1.66. The molecule has 1 N–H and O–H groups in total. The molecule has 1 aliphatic heterocycles. The maximum absolute atomic E-state index is 3.59. The second-order valence-electron chi connectivity index (χ2n) is 6.92. The fourth-order valence-corrected chi connectivity index (χ4v) is 3.57. The van der Waals surface area contributed by atoms with E-state index in [4.69, 9.17) is 0 Å². The Hall–Kier alpha value is -0.860. The van der Waals surface area contributed by atoms with Crippen LogP contribution in [0.3, 0.4) is 0 Å². The second-order valence-corrected chi connectivity index (χ2v) is 6.92. The van der Waals surface area contributed by atoms with Gasteiger partial charge in [-0.1, -0.05) is 24.3 Å². The fraction of sp³-hybridized carbons (Fsp3) is 0.667. The molecule has 0 spiro atoms. The van der Waals surface area contributed by atoms with E-state index in [-0.39, 0.29) is 0 Å². The number of nitrogens with one attached hydrogen (secondary N) is 1. The smallest absolute Gasteiger partial charge is 0.0331 e. The van der Waals surface area contributed by atoms with E-state index in [2.05, 4.69) is 48.6 Å². The third-order valence-corrected chi connectivity index (χ3v) is 5.28. The Bertz CT molecular complexity index is 442. The van der Waals surface area contributed by atoms with Crippen LogP contribution in [0.2, 0.25) is 0 Å². The van der Waals surface area contributed by atoms with Crippen molar-refractivity contribution in [2.24, 2.45) is 0 Å². The molecule has 1 aliphatic carbocycles. The van der Waals surface area contributed by atoms with Gasteiger partial charge in [0.05, 0.1) is 0 Å². The van der Waals surface area contributed by atoms with Gasteiger partial charge in [0.1, 0.15) is 0 Å². The van der Waals surface area contributed by atoms with Crippen molar-refractivity contribution in [3.05, 3.63) is 35.4 Å². The van der Waals surface area contributed by atoms with Gasteiger partial charge >= 0.3 is 0 Å². The monoisotopic (exact) mass is 272 g/mol. The van der Waals surface area contributed by atoms with Gasteiger partial charge in [-0.15, -0.1) is 0 Å². The average molecular weight is 272 g/mol. The van der Waals surface area contributed by atoms with Crippen LogP contribution < -0.4 is 5.32 Å². The minimum absolute atomic E-state index is 0.355. The summed E-state index contributed by atoms with van der Waals surface area (Å²) in [6.07, 6.45) is 7.90. The minimum atomic E-state index is 0.355.